The van der Waals surface area contributed by atoms with Crippen LogP contribution >= 0.6 is 0 Å². The number of nitrogens with one attached hydrogen (secondary N) is 1. The number of hydrogen-bond acceptors (Lipinski definition) is 2. The molecule has 3 atom stereocenters. The first-order valence-electron chi connectivity index (χ1n) is 6.65. The van der Waals surface area contributed by atoms with Crippen molar-refractivity contribution < 1.29 is 9.53 Å². The molecule has 1 saturated heterocycles. The van der Waals surface area contributed by atoms with E-state index in [2.05, 4.69) is 11.2 Å². The van der Waals surface area contributed by atoms with Crippen LogP contribution in [0.25, 0.3) is 0 Å². The van der Waals surface area contributed by atoms with E-state index >= 15 is 0 Å². The van der Waals surface area contributed by atoms with Gasteiger partial charge in [-0.3, -0.25) is 4.79 Å². The lowest BCUT2D eigenvalue weighted by Crippen LogP contribution is -2.41. The maximum atomic E-state index is 12.3. The molecule has 100 valence electrons. The minimum atomic E-state index is -0.245. The largest absolute Gasteiger partial charge is 0.373 e. The molecule has 3 unspecified atom stereocenters. The summed E-state index contributed by atoms with van der Waals surface area (Å²) in [5, 5.41) is 2.84. The van der Waals surface area contributed by atoms with Crippen LogP contribution in [-0.2, 0) is 9.53 Å². The van der Waals surface area contributed by atoms with Crippen molar-refractivity contribution in [2.45, 2.75) is 31.9 Å². The third kappa shape index (κ3) is 3.36. The van der Waals surface area contributed by atoms with Gasteiger partial charge in [0.25, 0.3) is 0 Å². The molecule has 1 N–H and O–H groups in total. The number of hydrogen-bond donors (Lipinski definition) is 1. The van der Waals surface area contributed by atoms with Crippen LogP contribution in [0.4, 0.5) is 0 Å². The Morgan fingerprint density at radius 3 is 2.89 bits per heavy atom. The van der Waals surface area contributed by atoms with Crippen molar-refractivity contribution in [1.29, 1.82) is 0 Å². The topological polar surface area (TPSA) is 38.3 Å². The van der Waals surface area contributed by atoms with Crippen molar-refractivity contribution in [3.05, 3.63) is 35.9 Å². The maximum absolute atomic E-state index is 12.3. The molecule has 1 amide bonds. The highest BCUT2D eigenvalue weighted by Gasteiger charge is 2.33. The highest BCUT2D eigenvalue weighted by molar-refractivity contribution is 5.80. The van der Waals surface area contributed by atoms with Crippen LogP contribution in [0.3, 0.4) is 0 Å². The van der Waals surface area contributed by atoms with E-state index in [-0.39, 0.29) is 24.0 Å². The van der Waals surface area contributed by atoms with Crippen LogP contribution in [0, 0.1) is 18.3 Å². The van der Waals surface area contributed by atoms with Gasteiger partial charge >= 0.3 is 0 Å². The summed E-state index contributed by atoms with van der Waals surface area (Å²) in [6.45, 7) is 2.51. The van der Waals surface area contributed by atoms with Gasteiger partial charge in [-0.1, -0.05) is 36.3 Å². The molecule has 3 heteroatoms. The fourth-order valence-electron chi connectivity index (χ4n) is 2.38. The molecule has 2 rings (SSSR count). The van der Waals surface area contributed by atoms with Crippen LogP contribution < -0.4 is 5.32 Å². The van der Waals surface area contributed by atoms with Crippen LogP contribution in [-0.4, -0.2) is 18.6 Å². The van der Waals surface area contributed by atoms with Crippen molar-refractivity contribution in [2.75, 3.05) is 6.61 Å². The summed E-state index contributed by atoms with van der Waals surface area (Å²) in [5.74, 6) is 2.34. The van der Waals surface area contributed by atoms with Gasteiger partial charge in [-0.25, -0.2) is 0 Å². The van der Waals surface area contributed by atoms with Gasteiger partial charge in [-0.05, 0) is 25.3 Å². The van der Waals surface area contributed by atoms with E-state index in [1.54, 1.807) is 6.92 Å². The lowest BCUT2D eigenvalue weighted by Gasteiger charge is -2.31. The Morgan fingerprint density at radius 1 is 1.47 bits per heavy atom. The number of carbonyl (C=O) groups is 1. The quantitative estimate of drug-likeness (QED) is 0.844. The zero-order chi connectivity index (χ0) is 13.7. The normalized spacial score (nSPS) is 24.2. The molecule has 1 aromatic rings. The summed E-state index contributed by atoms with van der Waals surface area (Å²) in [5.41, 5.74) is 1.05. The van der Waals surface area contributed by atoms with Gasteiger partial charge in [0, 0.05) is 6.61 Å². The molecule has 0 aromatic heterocycles. The molecule has 1 heterocycles. The van der Waals surface area contributed by atoms with Crippen LogP contribution in [0.15, 0.2) is 30.3 Å². The first-order chi connectivity index (χ1) is 9.22. The second kappa shape index (κ2) is 6.40. The predicted molar refractivity (Wildman–Crippen MR) is 74.3 cm³/mol. The molecule has 0 aliphatic carbocycles. The summed E-state index contributed by atoms with van der Waals surface area (Å²) in [6, 6.07) is 9.65. The van der Waals surface area contributed by atoms with Gasteiger partial charge in [0.15, 0.2) is 0 Å². The molecular formula is C16H19NO2. The molecular weight excluding hydrogens is 238 g/mol. The molecule has 19 heavy (non-hydrogen) atoms. The fourth-order valence-corrected chi connectivity index (χ4v) is 2.38. The van der Waals surface area contributed by atoms with E-state index in [9.17, 15) is 4.79 Å². The average molecular weight is 257 g/mol. The van der Waals surface area contributed by atoms with Crippen molar-refractivity contribution >= 4 is 5.91 Å². The Bertz CT molecular complexity index is 463. The standard InChI is InChI=1S/C16H19NO2/c1-3-12(2)17-16(18)14-10-7-11-19-15(14)13-8-5-4-6-9-13/h1,4-6,8-9,12,14-15H,7,10-11H2,2H3,(H,17,18). The second-order valence-corrected chi connectivity index (χ2v) is 4.85. The first kappa shape index (κ1) is 13.6. The Labute approximate surface area is 114 Å². The molecule has 3 nitrogen and oxygen atoms in total. The Kier molecular flexibility index (Phi) is 4.59. The second-order valence-electron chi connectivity index (χ2n) is 4.85. The van der Waals surface area contributed by atoms with E-state index in [1.807, 2.05) is 30.3 Å². The molecule has 1 fully saturated rings. The lowest BCUT2D eigenvalue weighted by molar-refractivity contribution is -0.135. The van der Waals surface area contributed by atoms with E-state index < -0.39 is 0 Å². The number of carbonyl (C=O) groups excluding carboxylic acids is 1. The Balaban J connectivity index is 2.13. The fraction of sp³-hybridized carbons (Fsp3) is 0.438. The number of rotatable bonds is 3. The predicted octanol–water partition coefficient (Wildman–Crippen LogP) is 2.29. The number of ether oxygens (including phenoxy) is 1. The van der Waals surface area contributed by atoms with Gasteiger partial charge in [-0.15, -0.1) is 6.42 Å². The highest BCUT2D eigenvalue weighted by atomic mass is 16.5. The summed E-state index contributed by atoms with van der Waals surface area (Å²) >= 11 is 0. The molecule has 0 bridgehead atoms. The zero-order valence-electron chi connectivity index (χ0n) is 11.1. The lowest BCUT2D eigenvalue weighted by atomic mass is 9.88. The number of benzene rings is 1. The Hall–Kier alpha value is -1.79. The van der Waals surface area contributed by atoms with Crippen molar-refractivity contribution in [2.24, 2.45) is 5.92 Å². The van der Waals surface area contributed by atoms with E-state index in [0.29, 0.717) is 6.61 Å². The van der Waals surface area contributed by atoms with Crippen LogP contribution in [0.5, 0.6) is 0 Å². The molecule has 1 aromatic carbocycles. The molecule has 0 spiro atoms. The monoisotopic (exact) mass is 257 g/mol. The molecule has 0 radical (unpaired) electrons. The Morgan fingerprint density at radius 2 is 2.21 bits per heavy atom. The first-order valence-corrected chi connectivity index (χ1v) is 6.65. The van der Waals surface area contributed by atoms with Crippen molar-refractivity contribution in [3.63, 3.8) is 0 Å². The minimum Gasteiger partial charge on any atom is -0.373 e. The summed E-state index contributed by atoms with van der Waals surface area (Å²) in [4.78, 5) is 12.3. The smallest absolute Gasteiger partial charge is 0.227 e. The van der Waals surface area contributed by atoms with E-state index in [0.717, 1.165) is 18.4 Å². The third-order valence-electron chi connectivity index (χ3n) is 3.40. The summed E-state index contributed by atoms with van der Waals surface area (Å²) in [7, 11) is 0. The van der Waals surface area contributed by atoms with Gasteiger partial charge in [0.05, 0.1) is 18.1 Å². The zero-order valence-corrected chi connectivity index (χ0v) is 11.1. The number of amides is 1. The average Bonchev–Trinajstić information content (AvgIpc) is 2.48. The molecule has 1 aliphatic rings. The summed E-state index contributed by atoms with van der Waals surface area (Å²) < 4.78 is 5.80. The summed E-state index contributed by atoms with van der Waals surface area (Å²) in [6.07, 6.45) is 6.88. The van der Waals surface area contributed by atoms with Gasteiger partial charge in [0.1, 0.15) is 0 Å². The SMILES string of the molecule is C#CC(C)NC(=O)C1CCCOC1c1ccccc1. The van der Waals surface area contributed by atoms with Crippen LogP contribution in [0.1, 0.15) is 31.4 Å². The van der Waals surface area contributed by atoms with Crippen LogP contribution in [0.2, 0.25) is 0 Å². The highest BCUT2D eigenvalue weighted by Crippen LogP contribution is 2.33. The van der Waals surface area contributed by atoms with Gasteiger partial charge in [-0.2, -0.15) is 0 Å². The molecule has 0 saturated carbocycles. The van der Waals surface area contributed by atoms with Gasteiger partial charge < -0.3 is 10.1 Å². The third-order valence-corrected chi connectivity index (χ3v) is 3.40. The van der Waals surface area contributed by atoms with Crippen molar-refractivity contribution in [3.8, 4) is 12.3 Å². The van der Waals surface area contributed by atoms with Gasteiger partial charge in [0.2, 0.25) is 5.91 Å². The van der Waals surface area contributed by atoms with Crippen molar-refractivity contribution in [1.82, 2.24) is 5.32 Å². The minimum absolute atomic E-state index is 0.0148. The maximum Gasteiger partial charge on any atom is 0.227 e. The van der Waals surface area contributed by atoms with E-state index in [1.165, 1.54) is 0 Å². The number of terminal acetylenes is 1. The van der Waals surface area contributed by atoms with E-state index in [4.69, 9.17) is 11.2 Å². The molecule has 1 aliphatic heterocycles.